The lowest BCUT2D eigenvalue weighted by Gasteiger charge is -2.26. The summed E-state index contributed by atoms with van der Waals surface area (Å²) >= 11 is 0. The van der Waals surface area contributed by atoms with Gasteiger partial charge in [0.1, 0.15) is 5.75 Å². The van der Waals surface area contributed by atoms with Gasteiger partial charge >= 0.3 is 5.97 Å². The Bertz CT molecular complexity index is 1920. The average molecular weight is 715 g/mol. The number of methoxy groups -OCH3 is 2. The first kappa shape index (κ1) is 38.6. The van der Waals surface area contributed by atoms with E-state index in [2.05, 4.69) is 16.0 Å². The van der Waals surface area contributed by atoms with Crippen LogP contribution in [0.4, 0.5) is 5.69 Å². The zero-order valence-electron chi connectivity index (χ0n) is 29.8. The van der Waals surface area contributed by atoms with Gasteiger partial charge in [-0.15, -0.1) is 0 Å². The molecule has 3 N–H and O–H groups in total. The molecule has 11 nitrogen and oxygen atoms in total. The van der Waals surface area contributed by atoms with Crippen LogP contribution in [-0.4, -0.2) is 66.3 Å². The van der Waals surface area contributed by atoms with Crippen molar-refractivity contribution in [2.45, 2.75) is 38.9 Å². The maximum Gasteiger partial charge on any atom is 0.337 e. The highest BCUT2D eigenvalue weighted by atomic mass is 32.2. The number of esters is 1. The SMILES string of the molecule is COC(=O)c1cc(CNC[C@@H](C)[C@H](Cc2ccccc2)NC(=O)c2cc(C(=O)N[C@H](C)c3ccccc3)cc(N(C)S(C)(=O)=O)c2)cc(OC)c1. The molecule has 0 aromatic heterocycles. The van der Waals surface area contributed by atoms with Gasteiger partial charge in [0, 0.05) is 30.8 Å². The lowest BCUT2D eigenvalue weighted by Crippen LogP contribution is -2.44. The van der Waals surface area contributed by atoms with Gasteiger partial charge in [-0.25, -0.2) is 13.2 Å². The van der Waals surface area contributed by atoms with Crippen LogP contribution >= 0.6 is 0 Å². The fourth-order valence-electron chi connectivity index (χ4n) is 5.57. The molecule has 0 aliphatic heterocycles. The van der Waals surface area contributed by atoms with E-state index >= 15 is 0 Å². The molecule has 0 heterocycles. The molecule has 0 aliphatic carbocycles. The number of hydrogen-bond donors (Lipinski definition) is 3. The molecule has 0 bridgehead atoms. The predicted molar refractivity (Wildman–Crippen MR) is 199 cm³/mol. The second kappa shape index (κ2) is 17.6. The zero-order valence-corrected chi connectivity index (χ0v) is 30.6. The molecule has 0 spiro atoms. The van der Waals surface area contributed by atoms with Gasteiger partial charge in [0.15, 0.2) is 0 Å². The number of amides is 2. The van der Waals surface area contributed by atoms with Crippen molar-refractivity contribution in [2.24, 2.45) is 5.92 Å². The minimum Gasteiger partial charge on any atom is -0.497 e. The van der Waals surface area contributed by atoms with Crippen LogP contribution in [0.25, 0.3) is 0 Å². The second-order valence-corrected chi connectivity index (χ2v) is 14.6. The van der Waals surface area contributed by atoms with Crippen LogP contribution in [-0.2, 0) is 27.7 Å². The molecule has 3 atom stereocenters. The lowest BCUT2D eigenvalue weighted by atomic mass is 9.94. The van der Waals surface area contributed by atoms with Gasteiger partial charge in [0.2, 0.25) is 10.0 Å². The maximum atomic E-state index is 14.0. The quantitative estimate of drug-likeness (QED) is 0.136. The molecule has 12 heteroatoms. The first-order chi connectivity index (χ1) is 24.3. The smallest absolute Gasteiger partial charge is 0.337 e. The number of benzene rings is 4. The van der Waals surface area contributed by atoms with E-state index in [1.54, 1.807) is 12.1 Å². The summed E-state index contributed by atoms with van der Waals surface area (Å²) < 4.78 is 36.3. The average Bonchev–Trinajstić information content (AvgIpc) is 3.13. The Labute approximate surface area is 300 Å². The number of ether oxygens (including phenoxy) is 2. The van der Waals surface area contributed by atoms with Crippen molar-refractivity contribution in [3.8, 4) is 5.75 Å². The van der Waals surface area contributed by atoms with Gasteiger partial charge in [-0.3, -0.25) is 13.9 Å². The Kier molecular flexibility index (Phi) is 13.4. The monoisotopic (exact) mass is 714 g/mol. The van der Waals surface area contributed by atoms with Crippen molar-refractivity contribution in [3.63, 3.8) is 0 Å². The van der Waals surface area contributed by atoms with Crippen LogP contribution in [0.5, 0.6) is 5.75 Å². The Hall–Kier alpha value is -5.20. The number of hydrogen-bond acceptors (Lipinski definition) is 8. The molecule has 0 saturated carbocycles. The number of rotatable bonds is 16. The first-order valence-corrected chi connectivity index (χ1v) is 18.4. The molecule has 4 rings (SSSR count). The van der Waals surface area contributed by atoms with Crippen LogP contribution in [0.1, 0.15) is 67.7 Å². The Morgan fingerprint density at radius 3 is 1.96 bits per heavy atom. The summed E-state index contributed by atoms with van der Waals surface area (Å²) in [5.74, 6) is -0.922. The van der Waals surface area contributed by atoms with Crippen molar-refractivity contribution in [1.29, 1.82) is 0 Å². The van der Waals surface area contributed by atoms with E-state index < -0.39 is 27.8 Å². The fraction of sp³-hybridized carbons (Fsp3) is 0.308. The van der Waals surface area contributed by atoms with E-state index in [9.17, 15) is 22.8 Å². The molecular formula is C39H46N4O7S. The van der Waals surface area contributed by atoms with Crippen LogP contribution in [0, 0.1) is 5.92 Å². The molecule has 4 aromatic rings. The number of sulfonamides is 1. The molecular weight excluding hydrogens is 669 g/mol. The minimum atomic E-state index is -3.70. The van der Waals surface area contributed by atoms with Crippen LogP contribution in [0.15, 0.2) is 97.1 Å². The number of nitrogens with one attached hydrogen (secondary N) is 3. The van der Waals surface area contributed by atoms with Gasteiger partial charge in [0.25, 0.3) is 11.8 Å². The molecule has 0 aliphatic rings. The van der Waals surface area contributed by atoms with Crippen molar-refractivity contribution < 1.29 is 32.3 Å². The first-order valence-electron chi connectivity index (χ1n) is 16.6. The highest BCUT2D eigenvalue weighted by molar-refractivity contribution is 7.92. The molecule has 51 heavy (non-hydrogen) atoms. The van der Waals surface area contributed by atoms with Crippen LogP contribution in [0.2, 0.25) is 0 Å². The van der Waals surface area contributed by atoms with Crippen molar-refractivity contribution in [3.05, 3.63) is 130 Å². The van der Waals surface area contributed by atoms with E-state index in [0.29, 0.717) is 30.8 Å². The van der Waals surface area contributed by atoms with Gasteiger partial charge in [0.05, 0.1) is 37.8 Å². The standard InChI is InChI=1S/C39H46N4O7S/c1-26(24-40-25-29-17-33(39(46)50-5)23-35(18-29)49-4)36(19-28-13-9-7-10-14-28)42-38(45)32-20-31(21-34(22-32)43(3)51(6,47)48)37(44)41-27(2)30-15-11-8-12-16-30/h7-18,20-23,26-27,36,40H,19,24-25H2,1-6H3,(H,41,44)(H,42,45)/t26-,27-,36+/m1/s1. The summed E-state index contributed by atoms with van der Waals surface area (Å²) in [4.78, 5) is 39.7. The van der Waals surface area contributed by atoms with Gasteiger partial charge in [-0.05, 0) is 78.9 Å². The maximum absolute atomic E-state index is 14.0. The van der Waals surface area contributed by atoms with Crippen molar-refractivity contribution >= 4 is 33.5 Å². The lowest BCUT2D eigenvalue weighted by molar-refractivity contribution is 0.0599. The summed E-state index contributed by atoms with van der Waals surface area (Å²) in [6.45, 7) is 4.80. The molecule has 0 unspecified atom stereocenters. The third-order valence-corrected chi connectivity index (χ3v) is 9.88. The van der Waals surface area contributed by atoms with Crippen molar-refractivity contribution in [2.75, 3.05) is 38.4 Å². The summed E-state index contributed by atoms with van der Waals surface area (Å²) in [5.41, 5.74) is 3.59. The second-order valence-electron chi connectivity index (χ2n) is 12.5. The van der Waals surface area contributed by atoms with Crippen molar-refractivity contribution in [1.82, 2.24) is 16.0 Å². The fourth-order valence-corrected chi connectivity index (χ4v) is 6.06. The van der Waals surface area contributed by atoms with E-state index in [-0.39, 0.29) is 34.8 Å². The molecule has 2 amide bonds. The van der Waals surface area contributed by atoms with Gasteiger partial charge in [-0.2, -0.15) is 0 Å². The third-order valence-electron chi connectivity index (χ3n) is 8.67. The third kappa shape index (κ3) is 10.9. The van der Waals surface area contributed by atoms with E-state index in [1.165, 1.54) is 39.5 Å². The van der Waals surface area contributed by atoms with E-state index in [4.69, 9.17) is 9.47 Å². The number of anilines is 1. The van der Waals surface area contributed by atoms with E-state index in [0.717, 1.165) is 27.3 Å². The number of carbonyl (C=O) groups excluding carboxylic acids is 3. The minimum absolute atomic E-state index is 0.0868. The zero-order chi connectivity index (χ0) is 37.1. The van der Waals surface area contributed by atoms with Crippen LogP contribution < -0.4 is 25.0 Å². The molecule has 0 radical (unpaired) electrons. The Balaban J connectivity index is 1.58. The summed E-state index contributed by atoms with van der Waals surface area (Å²) in [6.07, 6.45) is 1.58. The predicted octanol–water partition coefficient (Wildman–Crippen LogP) is 5.14. The molecule has 0 saturated heterocycles. The highest BCUT2D eigenvalue weighted by Gasteiger charge is 2.24. The molecule has 270 valence electrons. The number of nitrogens with zero attached hydrogens (tertiary/aromatic N) is 1. The van der Waals surface area contributed by atoms with Crippen LogP contribution in [0.3, 0.4) is 0 Å². The Morgan fingerprint density at radius 2 is 1.37 bits per heavy atom. The van der Waals surface area contributed by atoms with E-state index in [1.807, 2.05) is 80.6 Å². The highest BCUT2D eigenvalue weighted by Crippen LogP contribution is 2.23. The molecule has 4 aromatic carbocycles. The number of carbonyl (C=O) groups is 3. The molecule has 0 fully saturated rings. The summed E-state index contributed by atoms with van der Waals surface area (Å²) in [5, 5.41) is 9.54. The summed E-state index contributed by atoms with van der Waals surface area (Å²) in [7, 11) is 0.529. The Morgan fingerprint density at radius 1 is 0.765 bits per heavy atom. The normalized spacial score (nSPS) is 13.0. The summed E-state index contributed by atoms with van der Waals surface area (Å²) in [6, 6.07) is 28.1. The topological polar surface area (TPSA) is 143 Å². The van der Waals surface area contributed by atoms with Gasteiger partial charge < -0.3 is 25.4 Å². The largest absolute Gasteiger partial charge is 0.497 e. The van der Waals surface area contributed by atoms with Gasteiger partial charge in [-0.1, -0.05) is 67.6 Å².